The molecule has 2 amide bonds. The van der Waals surface area contributed by atoms with Gasteiger partial charge >= 0.3 is 5.97 Å². The van der Waals surface area contributed by atoms with E-state index in [1.54, 1.807) is 38.1 Å². The topological polar surface area (TPSA) is 93.7 Å². The van der Waals surface area contributed by atoms with Crippen molar-refractivity contribution in [1.29, 1.82) is 0 Å². The molecular formula is C16H22N2O5. The smallest absolute Gasteiger partial charge is 0.328 e. The molecule has 0 bridgehead atoms. The van der Waals surface area contributed by atoms with Crippen molar-refractivity contribution in [3.05, 3.63) is 30.3 Å². The summed E-state index contributed by atoms with van der Waals surface area (Å²) in [6, 6.07) is 7.95. The SMILES string of the molecule is CC(C)NC(=O)COC(=O)[C@H](C)NC(=O)COc1ccccc1. The molecule has 0 spiro atoms. The lowest BCUT2D eigenvalue weighted by molar-refractivity contribution is -0.151. The van der Waals surface area contributed by atoms with Crippen molar-refractivity contribution < 1.29 is 23.9 Å². The molecule has 0 fully saturated rings. The molecule has 7 nitrogen and oxygen atoms in total. The maximum atomic E-state index is 11.7. The molecule has 23 heavy (non-hydrogen) atoms. The number of ether oxygens (including phenoxy) is 2. The van der Waals surface area contributed by atoms with Crippen LogP contribution in [0.4, 0.5) is 0 Å². The van der Waals surface area contributed by atoms with E-state index in [9.17, 15) is 14.4 Å². The van der Waals surface area contributed by atoms with Gasteiger partial charge in [-0.2, -0.15) is 0 Å². The van der Waals surface area contributed by atoms with Gasteiger partial charge in [-0.15, -0.1) is 0 Å². The molecule has 7 heteroatoms. The lowest BCUT2D eigenvalue weighted by Gasteiger charge is -2.14. The Kier molecular flexibility index (Phi) is 7.59. The fourth-order valence-electron chi connectivity index (χ4n) is 1.63. The maximum Gasteiger partial charge on any atom is 0.328 e. The maximum absolute atomic E-state index is 11.7. The van der Waals surface area contributed by atoms with Crippen molar-refractivity contribution in [2.24, 2.45) is 0 Å². The van der Waals surface area contributed by atoms with Gasteiger partial charge in [-0.1, -0.05) is 18.2 Å². The van der Waals surface area contributed by atoms with Crippen LogP contribution in [0.15, 0.2) is 30.3 Å². The highest BCUT2D eigenvalue weighted by molar-refractivity contribution is 5.86. The lowest BCUT2D eigenvalue weighted by Crippen LogP contribution is -2.43. The average Bonchev–Trinajstić information content (AvgIpc) is 2.51. The minimum atomic E-state index is -0.867. The minimum Gasteiger partial charge on any atom is -0.484 e. The fourth-order valence-corrected chi connectivity index (χ4v) is 1.63. The third kappa shape index (κ3) is 7.85. The number of rotatable bonds is 8. The second-order valence-corrected chi connectivity index (χ2v) is 5.22. The van der Waals surface area contributed by atoms with Crippen molar-refractivity contribution in [3.63, 3.8) is 0 Å². The highest BCUT2D eigenvalue weighted by Crippen LogP contribution is 2.07. The van der Waals surface area contributed by atoms with Gasteiger partial charge in [0.15, 0.2) is 13.2 Å². The number of nitrogens with one attached hydrogen (secondary N) is 2. The molecule has 1 rings (SSSR count). The molecule has 0 saturated heterocycles. The first-order chi connectivity index (χ1) is 10.9. The van der Waals surface area contributed by atoms with Gasteiger partial charge in [0.1, 0.15) is 11.8 Å². The summed E-state index contributed by atoms with van der Waals surface area (Å²) >= 11 is 0. The van der Waals surface area contributed by atoms with Crippen LogP contribution in [0.25, 0.3) is 0 Å². The molecule has 0 saturated carbocycles. The predicted molar refractivity (Wildman–Crippen MR) is 83.8 cm³/mol. The summed E-state index contributed by atoms with van der Waals surface area (Å²) in [6.07, 6.45) is 0. The highest BCUT2D eigenvalue weighted by atomic mass is 16.5. The number of benzene rings is 1. The van der Waals surface area contributed by atoms with Crippen LogP contribution < -0.4 is 15.4 Å². The first-order valence-electron chi connectivity index (χ1n) is 7.31. The Morgan fingerprint density at radius 2 is 1.57 bits per heavy atom. The summed E-state index contributed by atoms with van der Waals surface area (Å²) in [7, 11) is 0. The van der Waals surface area contributed by atoms with E-state index in [1.807, 2.05) is 6.07 Å². The number of hydrogen-bond acceptors (Lipinski definition) is 5. The minimum absolute atomic E-state index is 0.0338. The van der Waals surface area contributed by atoms with E-state index >= 15 is 0 Å². The van der Waals surface area contributed by atoms with E-state index in [4.69, 9.17) is 9.47 Å². The summed E-state index contributed by atoms with van der Waals surface area (Å²) in [4.78, 5) is 34.7. The molecule has 1 aromatic rings. The normalized spacial score (nSPS) is 11.5. The van der Waals surface area contributed by atoms with E-state index in [2.05, 4.69) is 10.6 Å². The van der Waals surface area contributed by atoms with Gasteiger partial charge in [-0.3, -0.25) is 9.59 Å². The molecule has 1 aromatic carbocycles. The summed E-state index contributed by atoms with van der Waals surface area (Å²) in [6.45, 7) is 4.49. The zero-order valence-corrected chi connectivity index (χ0v) is 13.5. The van der Waals surface area contributed by atoms with Crippen LogP contribution in [-0.4, -0.2) is 43.1 Å². The Morgan fingerprint density at radius 1 is 0.957 bits per heavy atom. The van der Waals surface area contributed by atoms with Gasteiger partial charge in [0.25, 0.3) is 11.8 Å². The number of amides is 2. The Balaban J connectivity index is 2.28. The van der Waals surface area contributed by atoms with Crippen LogP contribution in [-0.2, 0) is 19.1 Å². The number of para-hydroxylation sites is 1. The van der Waals surface area contributed by atoms with E-state index in [0.29, 0.717) is 5.75 Å². The molecule has 0 radical (unpaired) electrons. The zero-order chi connectivity index (χ0) is 17.2. The molecule has 1 atom stereocenters. The largest absolute Gasteiger partial charge is 0.484 e. The Bertz CT molecular complexity index is 531. The number of carbonyl (C=O) groups excluding carboxylic acids is 3. The van der Waals surface area contributed by atoms with Crippen molar-refractivity contribution >= 4 is 17.8 Å². The molecule has 0 aliphatic rings. The van der Waals surface area contributed by atoms with Gasteiger partial charge in [0, 0.05) is 6.04 Å². The second kappa shape index (κ2) is 9.45. The quantitative estimate of drug-likeness (QED) is 0.685. The van der Waals surface area contributed by atoms with Gasteiger partial charge < -0.3 is 20.1 Å². The number of hydrogen-bond donors (Lipinski definition) is 2. The van der Waals surface area contributed by atoms with Crippen LogP contribution in [0.2, 0.25) is 0 Å². The van der Waals surface area contributed by atoms with E-state index in [0.717, 1.165) is 0 Å². The first-order valence-corrected chi connectivity index (χ1v) is 7.31. The van der Waals surface area contributed by atoms with Crippen molar-refractivity contribution in [3.8, 4) is 5.75 Å². The zero-order valence-electron chi connectivity index (χ0n) is 13.5. The van der Waals surface area contributed by atoms with Crippen molar-refractivity contribution in [2.45, 2.75) is 32.9 Å². The van der Waals surface area contributed by atoms with Crippen LogP contribution in [0.5, 0.6) is 5.75 Å². The summed E-state index contributed by atoms with van der Waals surface area (Å²) in [5.74, 6) is -0.968. The molecule has 0 aromatic heterocycles. The Morgan fingerprint density at radius 3 is 2.17 bits per heavy atom. The van der Waals surface area contributed by atoms with Gasteiger partial charge in [-0.05, 0) is 32.9 Å². The molecular weight excluding hydrogens is 300 g/mol. The van der Waals surface area contributed by atoms with E-state index in [1.165, 1.54) is 6.92 Å². The monoisotopic (exact) mass is 322 g/mol. The van der Waals surface area contributed by atoms with Crippen LogP contribution in [0.3, 0.4) is 0 Å². The third-order valence-electron chi connectivity index (χ3n) is 2.64. The Labute approximate surface area is 135 Å². The fraction of sp³-hybridized carbons (Fsp3) is 0.438. The molecule has 2 N–H and O–H groups in total. The van der Waals surface area contributed by atoms with Crippen LogP contribution in [0.1, 0.15) is 20.8 Å². The molecule has 0 aliphatic carbocycles. The molecule has 126 valence electrons. The van der Waals surface area contributed by atoms with Gasteiger partial charge in [0.05, 0.1) is 0 Å². The summed E-state index contributed by atoms with van der Waals surface area (Å²) < 4.78 is 10.1. The van der Waals surface area contributed by atoms with E-state index in [-0.39, 0.29) is 25.2 Å². The number of carbonyl (C=O) groups is 3. The van der Waals surface area contributed by atoms with Gasteiger partial charge in [0.2, 0.25) is 0 Å². The summed E-state index contributed by atoms with van der Waals surface area (Å²) in [5.41, 5.74) is 0. The van der Waals surface area contributed by atoms with E-state index < -0.39 is 17.9 Å². The molecule has 0 unspecified atom stereocenters. The van der Waals surface area contributed by atoms with Crippen molar-refractivity contribution in [2.75, 3.05) is 13.2 Å². The second-order valence-electron chi connectivity index (χ2n) is 5.22. The first kappa shape index (κ1) is 18.5. The standard InChI is InChI=1S/C16H22N2O5/c1-11(2)17-14(19)10-23-16(21)12(3)18-15(20)9-22-13-7-5-4-6-8-13/h4-8,11-12H,9-10H2,1-3H3,(H,17,19)(H,18,20)/t12-/m0/s1. The average molecular weight is 322 g/mol. The summed E-state index contributed by atoms with van der Waals surface area (Å²) in [5, 5.41) is 5.04. The van der Waals surface area contributed by atoms with Crippen LogP contribution in [0, 0.1) is 0 Å². The highest BCUT2D eigenvalue weighted by Gasteiger charge is 2.18. The van der Waals surface area contributed by atoms with Gasteiger partial charge in [-0.25, -0.2) is 4.79 Å². The molecule has 0 heterocycles. The Hall–Kier alpha value is -2.57. The lowest BCUT2D eigenvalue weighted by atomic mass is 10.3. The van der Waals surface area contributed by atoms with Crippen molar-refractivity contribution in [1.82, 2.24) is 10.6 Å². The molecule has 0 aliphatic heterocycles. The third-order valence-corrected chi connectivity index (χ3v) is 2.64. The number of esters is 1. The predicted octanol–water partition coefficient (Wildman–Crippen LogP) is 0.638. The van der Waals surface area contributed by atoms with Crippen LogP contribution >= 0.6 is 0 Å².